The minimum atomic E-state index is -0.814. The summed E-state index contributed by atoms with van der Waals surface area (Å²) in [5.74, 6) is 0. The first-order valence-corrected chi connectivity index (χ1v) is 9.30. The van der Waals surface area contributed by atoms with E-state index in [1.165, 1.54) is 0 Å². The molecule has 2 aliphatic rings. The Labute approximate surface area is 149 Å². The van der Waals surface area contributed by atoms with E-state index in [1.807, 2.05) is 25.1 Å². The van der Waals surface area contributed by atoms with E-state index >= 15 is 0 Å². The number of amides is 1. The van der Waals surface area contributed by atoms with Gasteiger partial charge in [-0.3, -0.25) is 4.90 Å². The molecule has 1 N–H and O–H groups in total. The molecule has 1 saturated heterocycles. The maximum absolute atomic E-state index is 11.4. The fourth-order valence-electron chi connectivity index (χ4n) is 4.59. The van der Waals surface area contributed by atoms with Gasteiger partial charge in [0.15, 0.2) is 0 Å². The van der Waals surface area contributed by atoms with Crippen molar-refractivity contribution in [2.75, 3.05) is 19.6 Å². The first-order chi connectivity index (χ1) is 12.1. The summed E-state index contributed by atoms with van der Waals surface area (Å²) in [6.45, 7) is 4.24. The molecule has 5 heteroatoms. The first kappa shape index (κ1) is 17.8. The molecular weight excluding hydrogens is 314 g/mol. The molecule has 1 amide bonds. The van der Waals surface area contributed by atoms with Gasteiger partial charge in [0.05, 0.1) is 11.5 Å². The number of hydrogen-bond acceptors (Lipinski definition) is 3. The monoisotopic (exact) mass is 341 g/mol. The number of likely N-dealkylation sites (N-methyl/N-ethyl adjacent to an activating group) is 1. The maximum atomic E-state index is 11.4. The molecule has 3 rings (SSSR count). The van der Waals surface area contributed by atoms with Crippen LogP contribution in [0, 0.1) is 11.3 Å². The maximum Gasteiger partial charge on any atom is 0.407 e. The standard InChI is InChI=1S/C20H27N3O2/c1-2-23(19(24)25)18-10-13-22(14-18)17-8-11-20(15-21,12-9-17)16-6-4-3-5-7-16/h3-7,17-18H,2,8-14H2,1H3,(H,24,25)/t17?,18-,20?/m1/s1. The summed E-state index contributed by atoms with van der Waals surface area (Å²) in [7, 11) is 0. The first-order valence-electron chi connectivity index (χ1n) is 9.30. The molecule has 1 saturated carbocycles. The van der Waals surface area contributed by atoms with E-state index in [1.54, 1.807) is 4.90 Å². The lowest BCUT2D eigenvalue weighted by atomic mass is 9.69. The highest BCUT2D eigenvalue weighted by atomic mass is 16.4. The lowest BCUT2D eigenvalue weighted by Crippen LogP contribution is -2.44. The highest BCUT2D eigenvalue weighted by Crippen LogP contribution is 2.41. The Morgan fingerprint density at radius 3 is 2.56 bits per heavy atom. The summed E-state index contributed by atoms with van der Waals surface area (Å²) in [5.41, 5.74) is 0.784. The third kappa shape index (κ3) is 3.50. The molecule has 0 unspecified atom stereocenters. The van der Waals surface area contributed by atoms with Crippen LogP contribution in [0.1, 0.15) is 44.6 Å². The highest BCUT2D eigenvalue weighted by molar-refractivity contribution is 5.65. The van der Waals surface area contributed by atoms with Crippen LogP contribution in [-0.2, 0) is 5.41 Å². The molecule has 0 radical (unpaired) electrons. The van der Waals surface area contributed by atoms with E-state index in [0.717, 1.165) is 50.8 Å². The van der Waals surface area contributed by atoms with Crippen molar-refractivity contribution in [3.63, 3.8) is 0 Å². The second-order valence-corrected chi connectivity index (χ2v) is 7.30. The topological polar surface area (TPSA) is 67.6 Å². The molecule has 1 aliphatic carbocycles. The van der Waals surface area contributed by atoms with Gasteiger partial charge >= 0.3 is 6.09 Å². The van der Waals surface area contributed by atoms with Gasteiger partial charge in [0.1, 0.15) is 0 Å². The molecule has 0 bridgehead atoms. The van der Waals surface area contributed by atoms with Crippen molar-refractivity contribution in [1.82, 2.24) is 9.80 Å². The zero-order chi connectivity index (χ0) is 17.9. The second kappa shape index (κ2) is 7.45. The molecule has 0 spiro atoms. The van der Waals surface area contributed by atoms with Gasteiger partial charge in [0.2, 0.25) is 0 Å². The fraction of sp³-hybridized carbons (Fsp3) is 0.600. The zero-order valence-electron chi connectivity index (χ0n) is 14.9. The molecule has 1 aromatic carbocycles. The molecule has 5 nitrogen and oxygen atoms in total. The normalized spacial score (nSPS) is 29.9. The van der Waals surface area contributed by atoms with Gasteiger partial charge in [-0.2, -0.15) is 5.26 Å². The molecule has 134 valence electrons. The Bertz CT molecular complexity index is 632. The molecule has 25 heavy (non-hydrogen) atoms. The largest absolute Gasteiger partial charge is 0.465 e. The molecule has 1 heterocycles. The molecule has 1 aliphatic heterocycles. The number of benzene rings is 1. The van der Waals surface area contributed by atoms with Crippen LogP contribution in [0.25, 0.3) is 0 Å². The Kier molecular flexibility index (Phi) is 5.29. The lowest BCUT2D eigenvalue weighted by molar-refractivity contribution is 0.118. The average molecular weight is 341 g/mol. The van der Waals surface area contributed by atoms with Gasteiger partial charge in [-0.15, -0.1) is 0 Å². The smallest absolute Gasteiger partial charge is 0.407 e. The molecule has 2 fully saturated rings. The lowest BCUT2D eigenvalue weighted by Gasteiger charge is -2.39. The van der Waals surface area contributed by atoms with Crippen LogP contribution in [-0.4, -0.2) is 52.7 Å². The van der Waals surface area contributed by atoms with E-state index in [2.05, 4.69) is 23.1 Å². The molecule has 1 aromatic rings. The predicted octanol–water partition coefficient (Wildman–Crippen LogP) is 3.46. The number of rotatable bonds is 4. The highest BCUT2D eigenvalue weighted by Gasteiger charge is 2.40. The van der Waals surface area contributed by atoms with E-state index in [-0.39, 0.29) is 11.5 Å². The number of hydrogen-bond donors (Lipinski definition) is 1. The van der Waals surface area contributed by atoms with Crippen molar-refractivity contribution in [3.05, 3.63) is 35.9 Å². The summed E-state index contributed by atoms with van der Waals surface area (Å²) in [6.07, 6.45) is 3.89. The summed E-state index contributed by atoms with van der Waals surface area (Å²) in [5, 5.41) is 19.1. The van der Waals surface area contributed by atoms with Crippen LogP contribution in [0.4, 0.5) is 4.79 Å². The Morgan fingerprint density at radius 2 is 2.00 bits per heavy atom. The summed E-state index contributed by atoms with van der Waals surface area (Å²) in [6, 6.07) is 13.3. The number of carboxylic acid groups (broad SMARTS) is 1. The van der Waals surface area contributed by atoms with Crippen molar-refractivity contribution in [2.24, 2.45) is 0 Å². The van der Waals surface area contributed by atoms with Gasteiger partial charge in [-0.05, 0) is 44.6 Å². The quantitative estimate of drug-likeness (QED) is 0.910. The van der Waals surface area contributed by atoms with Gasteiger partial charge < -0.3 is 10.0 Å². The van der Waals surface area contributed by atoms with E-state index in [0.29, 0.717) is 12.6 Å². The Hall–Kier alpha value is -2.06. The third-order valence-corrected chi connectivity index (χ3v) is 6.09. The average Bonchev–Trinajstić information content (AvgIpc) is 3.12. The van der Waals surface area contributed by atoms with Crippen LogP contribution in [0.3, 0.4) is 0 Å². The number of carbonyl (C=O) groups is 1. The number of nitriles is 1. The second-order valence-electron chi connectivity index (χ2n) is 7.30. The summed E-state index contributed by atoms with van der Waals surface area (Å²) in [4.78, 5) is 15.4. The summed E-state index contributed by atoms with van der Waals surface area (Å²) < 4.78 is 0. The minimum absolute atomic E-state index is 0.110. The molecule has 0 aromatic heterocycles. The minimum Gasteiger partial charge on any atom is -0.465 e. The third-order valence-electron chi connectivity index (χ3n) is 6.09. The van der Waals surface area contributed by atoms with Crippen molar-refractivity contribution in [2.45, 2.75) is 56.5 Å². The Morgan fingerprint density at radius 1 is 1.32 bits per heavy atom. The SMILES string of the molecule is CCN(C(=O)O)[C@@H]1CCN(C2CCC(C#N)(c3ccccc3)CC2)C1. The van der Waals surface area contributed by atoms with Gasteiger partial charge in [0, 0.05) is 31.7 Å². The zero-order valence-corrected chi connectivity index (χ0v) is 14.9. The van der Waals surface area contributed by atoms with E-state index in [9.17, 15) is 15.2 Å². The molecular formula is C20H27N3O2. The van der Waals surface area contributed by atoms with E-state index < -0.39 is 6.09 Å². The predicted molar refractivity (Wildman–Crippen MR) is 96.4 cm³/mol. The van der Waals surface area contributed by atoms with Crippen molar-refractivity contribution in [1.29, 1.82) is 5.26 Å². The van der Waals surface area contributed by atoms with Crippen LogP contribution in [0.5, 0.6) is 0 Å². The van der Waals surface area contributed by atoms with Crippen LogP contribution >= 0.6 is 0 Å². The van der Waals surface area contributed by atoms with Crippen molar-refractivity contribution in [3.8, 4) is 6.07 Å². The van der Waals surface area contributed by atoms with Gasteiger partial charge in [0.25, 0.3) is 0 Å². The number of likely N-dealkylation sites (tertiary alicyclic amines) is 1. The fourth-order valence-corrected chi connectivity index (χ4v) is 4.59. The number of nitrogens with zero attached hydrogens (tertiary/aromatic N) is 3. The summed E-state index contributed by atoms with van der Waals surface area (Å²) >= 11 is 0. The molecule has 1 atom stereocenters. The van der Waals surface area contributed by atoms with E-state index in [4.69, 9.17) is 0 Å². The van der Waals surface area contributed by atoms with Crippen molar-refractivity contribution >= 4 is 6.09 Å². The van der Waals surface area contributed by atoms with Gasteiger partial charge in [-0.25, -0.2) is 4.79 Å². The van der Waals surface area contributed by atoms with Crippen LogP contribution in [0.2, 0.25) is 0 Å². The van der Waals surface area contributed by atoms with Crippen LogP contribution < -0.4 is 0 Å². The van der Waals surface area contributed by atoms with Crippen LogP contribution in [0.15, 0.2) is 30.3 Å². The van der Waals surface area contributed by atoms with Crippen molar-refractivity contribution < 1.29 is 9.90 Å². The van der Waals surface area contributed by atoms with Gasteiger partial charge in [-0.1, -0.05) is 30.3 Å². The Balaban J connectivity index is 1.62.